The molecule has 1 aliphatic heterocycles. The van der Waals surface area contributed by atoms with Gasteiger partial charge in [0.05, 0.1) is 17.4 Å². The Balaban J connectivity index is 0.000000401. The van der Waals surface area contributed by atoms with Crippen molar-refractivity contribution < 1.29 is 19.8 Å². The molecule has 0 aliphatic carbocycles. The number of carbonyl (C=O) groups is 2. The fourth-order valence-electron chi connectivity index (χ4n) is 3.69. The van der Waals surface area contributed by atoms with E-state index < -0.39 is 11.9 Å². The quantitative estimate of drug-likeness (QED) is 0.611. The van der Waals surface area contributed by atoms with Crippen LogP contribution in [-0.4, -0.2) is 56.2 Å². The van der Waals surface area contributed by atoms with Crippen molar-refractivity contribution >= 4 is 29.0 Å². The molecule has 1 fully saturated rings. The first kappa shape index (κ1) is 22.2. The fourth-order valence-corrected chi connectivity index (χ4v) is 3.69. The first-order valence-corrected chi connectivity index (χ1v) is 10.3. The summed E-state index contributed by atoms with van der Waals surface area (Å²) in [6.45, 7) is 4.52. The average molecular weight is 421 g/mol. The minimum atomic E-state index is -1.82. The van der Waals surface area contributed by atoms with Gasteiger partial charge in [-0.1, -0.05) is 54.6 Å². The maximum Gasteiger partial charge on any atom is 0.414 e. The number of imidazole rings is 1. The molecule has 7 heteroatoms. The number of rotatable bonds is 5. The van der Waals surface area contributed by atoms with Crippen LogP contribution < -0.4 is 0 Å². The summed E-state index contributed by atoms with van der Waals surface area (Å²) in [6, 6.07) is 19.0. The first-order valence-electron chi connectivity index (χ1n) is 10.3. The van der Waals surface area contributed by atoms with Crippen LogP contribution in [0.3, 0.4) is 0 Å². The molecule has 0 saturated carbocycles. The Morgan fingerprint density at radius 1 is 0.968 bits per heavy atom. The van der Waals surface area contributed by atoms with Gasteiger partial charge in [0.1, 0.15) is 0 Å². The lowest BCUT2D eigenvalue weighted by molar-refractivity contribution is -0.159. The Hall–Kier alpha value is -3.45. The second-order valence-electron chi connectivity index (χ2n) is 7.55. The monoisotopic (exact) mass is 421 g/mol. The maximum absolute atomic E-state index is 9.10. The summed E-state index contributed by atoms with van der Waals surface area (Å²) in [5.41, 5.74) is 3.64. The molecule has 0 spiro atoms. The van der Waals surface area contributed by atoms with Gasteiger partial charge in [-0.2, -0.15) is 0 Å². The van der Waals surface area contributed by atoms with E-state index >= 15 is 0 Å². The summed E-state index contributed by atoms with van der Waals surface area (Å²) in [7, 11) is 0. The molecule has 1 aliphatic rings. The van der Waals surface area contributed by atoms with Gasteiger partial charge < -0.3 is 14.8 Å². The molecule has 7 nitrogen and oxygen atoms in total. The molecule has 2 aromatic carbocycles. The fraction of sp³-hybridized carbons (Fsp3) is 0.292. The van der Waals surface area contributed by atoms with Gasteiger partial charge >= 0.3 is 11.9 Å². The molecule has 31 heavy (non-hydrogen) atoms. The molecule has 2 heterocycles. The highest BCUT2D eigenvalue weighted by Crippen LogP contribution is 2.21. The minimum absolute atomic E-state index is 0.756. The zero-order chi connectivity index (χ0) is 22.1. The molecule has 0 bridgehead atoms. The summed E-state index contributed by atoms with van der Waals surface area (Å²) in [5.74, 6) is -2.89. The third-order valence-electron chi connectivity index (χ3n) is 5.35. The molecular formula is C24H27N3O4. The predicted molar refractivity (Wildman–Crippen MR) is 120 cm³/mol. The van der Waals surface area contributed by atoms with Crippen LogP contribution in [0.5, 0.6) is 0 Å². The Morgan fingerprint density at radius 3 is 2.29 bits per heavy atom. The van der Waals surface area contributed by atoms with Crippen LogP contribution in [0.15, 0.2) is 67.0 Å². The molecule has 4 rings (SSSR count). The molecule has 0 unspecified atom stereocenters. The number of likely N-dealkylation sites (tertiary alicyclic amines) is 1. The number of para-hydroxylation sites is 2. The lowest BCUT2D eigenvalue weighted by Crippen LogP contribution is -2.35. The first-order chi connectivity index (χ1) is 15.0. The van der Waals surface area contributed by atoms with Gasteiger partial charge in [0.25, 0.3) is 0 Å². The lowest BCUT2D eigenvalue weighted by Gasteiger charge is -2.31. The zero-order valence-electron chi connectivity index (χ0n) is 17.3. The van der Waals surface area contributed by atoms with Crippen molar-refractivity contribution in [3.63, 3.8) is 0 Å². The number of aliphatic carboxylic acids is 2. The van der Waals surface area contributed by atoms with Gasteiger partial charge in [-0.3, -0.25) is 4.90 Å². The largest absolute Gasteiger partial charge is 0.473 e. The Kier molecular flexibility index (Phi) is 7.95. The minimum Gasteiger partial charge on any atom is -0.473 e. The number of nitrogens with zero attached hydrogens (tertiary/aromatic N) is 3. The van der Waals surface area contributed by atoms with Crippen LogP contribution in [0, 0.1) is 5.92 Å². The summed E-state index contributed by atoms with van der Waals surface area (Å²) >= 11 is 0. The van der Waals surface area contributed by atoms with Crippen LogP contribution in [0.4, 0.5) is 0 Å². The van der Waals surface area contributed by atoms with Crippen molar-refractivity contribution in [2.24, 2.45) is 5.92 Å². The van der Waals surface area contributed by atoms with E-state index in [4.69, 9.17) is 19.8 Å². The van der Waals surface area contributed by atoms with E-state index in [9.17, 15) is 0 Å². The normalized spacial score (nSPS) is 15.0. The molecule has 0 atom stereocenters. The summed E-state index contributed by atoms with van der Waals surface area (Å²) in [6.07, 6.45) is 9.06. The van der Waals surface area contributed by atoms with Gasteiger partial charge in [-0.15, -0.1) is 0 Å². The molecular weight excluding hydrogens is 394 g/mol. The molecule has 0 radical (unpaired) electrons. The molecule has 1 aromatic heterocycles. The highest BCUT2D eigenvalue weighted by molar-refractivity contribution is 6.27. The maximum atomic E-state index is 9.10. The number of benzene rings is 2. The average Bonchev–Trinajstić information content (AvgIpc) is 3.19. The van der Waals surface area contributed by atoms with E-state index in [-0.39, 0.29) is 0 Å². The summed E-state index contributed by atoms with van der Waals surface area (Å²) in [4.78, 5) is 25.3. The number of hydrogen-bond donors (Lipinski definition) is 2. The molecule has 1 saturated heterocycles. The number of piperidine rings is 1. The van der Waals surface area contributed by atoms with Crippen LogP contribution in [0.2, 0.25) is 0 Å². The zero-order valence-corrected chi connectivity index (χ0v) is 17.3. The predicted octanol–water partition coefficient (Wildman–Crippen LogP) is 3.62. The van der Waals surface area contributed by atoms with Crippen LogP contribution in [0.1, 0.15) is 18.4 Å². The Bertz CT molecular complexity index is 1010. The third-order valence-corrected chi connectivity index (χ3v) is 5.35. The van der Waals surface area contributed by atoms with Crippen molar-refractivity contribution in [3.8, 4) is 0 Å². The Morgan fingerprint density at radius 2 is 1.61 bits per heavy atom. The van der Waals surface area contributed by atoms with Gasteiger partial charge in [0.2, 0.25) is 0 Å². The van der Waals surface area contributed by atoms with Gasteiger partial charge in [0, 0.05) is 13.1 Å². The smallest absolute Gasteiger partial charge is 0.414 e. The Labute approximate surface area is 181 Å². The number of hydrogen-bond acceptors (Lipinski definition) is 4. The molecule has 3 aromatic rings. The topological polar surface area (TPSA) is 95.7 Å². The van der Waals surface area contributed by atoms with Gasteiger partial charge in [0.15, 0.2) is 0 Å². The number of aromatic nitrogens is 2. The van der Waals surface area contributed by atoms with Gasteiger partial charge in [-0.25, -0.2) is 14.6 Å². The number of carboxylic acid groups (broad SMARTS) is 2. The van der Waals surface area contributed by atoms with Crippen LogP contribution >= 0.6 is 0 Å². The lowest BCUT2D eigenvalue weighted by atomic mass is 9.96. The molecule has 162 valence electrons. The van der Waals surface area contributed by atoms with Crippen molar-refractivity contribution in [1.82, 2.24) is 14.5 Å². The van der Waals surface area contributed by atoms with E-state index in [1.807, 2.05) is 6.33 Å². The number of carboxylic acids is 2. The molecule has 0 amide bonds. The highest BCUT2D eigenvalue weighted by Gasteiger charge is 2.19. The highest BCUT2D eigenvalue weighted by atomic mass is 16.4. The van der Waals surface area contributed by atoms with E-state index in [1.165, 1.54) is 37.0 Å². The van der Waals surface area contributed by atoms with Crippen molar-refractivity contribution in [1.29, 1.82) is 0 Å². The van der Waals surface area contributed by atoms with E-state index in [2.05, 4.69) is 81.2 Å². The van der Waals surface area contributed by atoms with Crippen molar-refractivity contribution in [2.75, 3.05) is 19.6 Å². The SMILES string of the molecule is C(=Cc1ccccc1)CN1CCC(Cn2cnc3ccccc32)CC1.O=C(O)C(=O)O. The van der Waals surface area contributed by atoms with Crippen LogP contribution in [0.25, 0.3) is 17.1 Å². The van der Waals surface area contributed by atoms with E-state index in [1.54, 1.807) is 0 Å². The summed E-state index contributed by atoms with van der Waals surface area (Å²) in [5, 5.41) is 14.8. The van der Waals surface area contributed by atoms with Gasteiger partial charge in [-0.05, 0) is 49.5 Å². The van der Waals surface area contributed by atoms with Crippen molar-refractivity contribution in [2.45, 2.75) is 19.4 Å². The van der Waals surface area contributed by atoms with E-state index in [0.717, 1.165) is 24.5 Å². The number of fused-ring (bicyclic) bond motifs is 1. The van der Waals surface area contributed by atoms with Crippen molar-refractivity contribution in [3.05, 3.63) is 72.6 Å². The van der Waals surface area contributed by atoms with E-state index in [0.29, 0.717) is 0 Å². The standard InChI is InChI=1S/C22H25N3.C2H2O4/c1-2-7-19(8-3-1)9-6-14-24-15-12-20(13-16-24)17-25-18-23-21-10-4-5-11-22(21)25;3-1(4)2(5)6/h1-11,18,20H,12-17H2;(H,3,4)(H,5,6). The molecule has 2 N–H and O–H groups in total. The summed E-state index contributed by atoms with van der Waals surface area (Å²) < 4.78 is 2.32. The second-order valence-corrected chi connectivity index (χ2v) is 7.55. The third kappa shape index (κ3) is 6.79. The van der Waals surface area contributed by atoms with Crippen LogP contribution in [-0.2, 0) is 16.1 Å². The second kappa shape index (κ2) is 11.1.